The molecule has 9 heteroatoms. The van der Waals surface area contributed by atoms with E-state index in [9.17, 15) is 0 Å². The smallest absolute Gasteiger partial charge is 0.121 e. The largest absolute Gasteiger partial charge is 0.497 e. The summed E-state index contributed by atoms with van der Waals surface area (Å²) in [5.41, 5.74) is 5.25. The number of rotatable bonds is 4. The zero-order chi connectivity index (χ0) is 25.8. The summed E-state index contributed by atoms with van der Waals surface area (Å²) in [5.74, 6) is 0.766. The number of ether oxygens (including phenoxy) is 1. The number of hydrogen-bond donors (Lipinski definition) is 3. The van der Waals surface area contributed by atoms with E-state index in [1.807, 2.05) is 72.8 Å². The molecule has 6 rings (SSSR count). The first-order chi connectivity index (χ1) is 18.1. The normalized spacial score (nSPS) is 10.7. The van der Waals surface area contributed by atoms with Gasteiger partial charge in [-0.2, -0.15) is 0 Å². The first-order valence-corrected chi connectivity index (χ1v) is 12.4. The van der Waals surface area contributed by atoms with Crippen molar-refractivity contribution in [2.45, 2.75) is 0 Å². The van der Waals surface area contributed by atoms with E-state index in [0.29, 0.717) is 10.0 Å². The van der Waals surface area contributed by atoms with Gasteiger partial charge in [0, 0.05) is 56.5 Å². The highest BCUT2D eigenvalue weighted by atomic mass is 35.5. The van der Waals surface area contributed by atoms with Crippen molar-refractivity contribution in [3.05, 3.63) is 101 Å². The molecular formula is C28H21Cl2N5OS. The molecule has 0 spiro atoms. The zero-order valence-corrected chi connectivity index (χ0v) is 22.0. The van der Waals surface area contributed by atoms with Gasteiger partial charge in [0.1, 0.15) is 5.75 Å². The van der Waals surface area contributed by atoms with Gasteiger partial charge in [0.05, 0.1) is 35.0 Å². The standard InChI is InChI=1S/C19H14ClN3O.C9H7ClN2S/c1-24-14-8-12-4-2-7-22-19(12)18(11-14)23-17-10-13(20)9-16-15(17)5-3-6-21-16;10-6-1-2-7-8(12-13)3-4-11-9(7)5-6/h2-11,23H,1H3;1-5,13H,(H,11,12). The number of fused-ring (bicyclic) bond motifs is 3. The molecule has 0 unspecified atom stereocenters. The van der Waals surface area contributed by atoms with Crippen molar-refractivity contribution in [3.63, 3.8) is 0 Å². The molecular weight excluding hydrogens is 525 g/mol. The van der Waals surface area contributed by atoms with Crippen molar-refractivity contribution in [2.75, 3.05) is 17.1 Å². The summed E-state index contributed by atoms with van der Waals surface area (Å²) in [4.78, 5) is 13.1. The number of thiol groups is 1. The van der Waals surface area contributed by atoms with Crippen molar-refractivity contribution in [3.8, 4) is 5.75 Å². The summed E-state index contributed by atoms with van der Waals surface area (Å²) in [5, 5.41) is 7.77. The predicted molar refractivity (Wildman–Crippen MR) is 158 cm³/mol. The Kier molecular flexibility index (Phi) is 7.46. The number of pyridine rings is 3. The number of nitrogens with one attached hydrogen (secondary N) is 2. The van der Waals surface area contributed by atoms with Crippen LogP contribution in [0.5, 0.6) is 5.75 Å². The Morgan fingerprint density at radius 3 is 2.24 bits per heavy atom. The number of anilines is 3. The van der Waals surface area contributed by atoms with Crippen molar-refractivity contribution in [2.24, 2.45) is 0 Å². The van der Waals surface area contributed by atoms with Gasteiger partial charge in [0.25, 0.3) is 0 Å². The maximum Gasteiger partial charge on any atom is 0.121 e. The Morgan fingerprint density at radius 2 is 1.43 bits per heavy atom. The van der Waals surface area contributed by atoms with Gasteiger partial charge < -0.3 is 14.8 Å². The van der Waals surface area contributed by atoms with Crippen molar-refractivity contribution in [1.29, 1.82) is 0 Å². The van der Waals surface area contributed by atoms with Gasteiger partial charge in [-0.1, -0.05) is 42.1 Å². The van der Waals surface area contributed by atoms with Crippen LogP contribution in [0.25, 0.3) is 32.7 Å². The molecule has 0 fully saturated rings. The fraction of sp³-hybridized carbons (Fsp3) is 0.0357. The van der Waals surface area contributed by atoms with Gasteiger partial charge in [0.2, 0.25) is 0 Å². The fourth-order valence-electron chi connectivity index (χ4n) is 3.99. The van der Waals surface area contributed by atoms with Gasteiger partial charge in [0.15, 0.2) is 0 Å². The van der Waals surface area contributed by atoms with Crippen LogP contribution in [-0.4, -0.2) is 22.1 Å². The monoisotopic (exact) mass is 545 g/mol. The van der Waals surface area contributed by atoms with E-state index >= 15 is 0 Å². The second-order valence-corrected chi connectivity index (χ2v) is 9.13. The lowest BCUT2D eigenvalue weighted by atomic mass is 10.1. The summed E-state index contributed by atoms with van der Waals surface area (Å²) in [7, 11) is 1.65. The fourth-order valence-corrected chi connectivity index (χ4v) is 4.57. The Labute approximate surface area is 229 Å². The number of halogens is 2. The summed E-state index contributed by atoms with van der Waals surface area (Å²) < 4.78 is 8.21. The number of nitrogens with zero attached hydrogens (tertiary/aromatic N) is 3. The molecule has 0 bridgehead atoms. The summed E-state index contributed by atoms with van der Waals surface area (Å²) in [6.45, 7) is 0. The molecule has 3 aromatic carbocycles. The average molecular weight is 546 g/mol. The zero-order valence-electron chi connectivity index (χ0n) is 19.6. The first-order valence-electron chi connectivity index (χ1n) is 11.2. The second kappa shape index (κ2) is 11.1. The third-order valence-electron chi connectivity index (χ3n) is 5.69. The molecule has 0 saturated carbocycles. The van der Waals surface area contributed by atoms with Crippen LogP contribution in [-0.2, 0) is 0 Å². The van der Waals surface area contributed by atoms with Crippen LogP contribution < -0.4 is 14.8 Å². The topological polar surface area (TPSA) is 72.0 Å². The van der Waals surface area contributed by atoms with E-state index in [1.165, 1.54) is 0 Å². The maximum absolute atomic E-state index is 6.25. The number of methoxy groups -OCH3 is 1. The maximum atomic E-state index is 6.25. The predicted octanol–water partition coefficient (Wildman–Crippen LogP) is 8.33. The molecule has 3 aromatic heterocycles. The van der Waals surface area contributed by atoms with E-state index in [0.717, 1.165) is 55.5 Å². The van der Waals surface area contributed by atoms with E-state index in [4.69, 9.17) is 27.9 Å². The molecule has 0 radical (unpaired) electrons. The molecule has 0 amide bonds. The molecule has 6 nitrogen and oxygen atoms in total. The van der Waals surface area contributed by atoms with Crippen LogP contribution >= 0.6 is 36.0 Å². The van der Waals surface area contributed by atoms with E-state index in [2.05, 4.69) is 37.8 Å². The number of benzene rings is 3. The van der Waals surface area contributed by atoms with Crippen molar-refractivity contribution < 1.29 is 4.74 Å². The Hall–Kier alpha value is -3.78. The third-order valence-corrected chi connectivity index (χ3v) is 6.39. The van der Waals surface area contributed by atoms with Crippen LogP contribution in [0, 0.1) is 0 Å². The highest BCUT2D eigenvalue weighted by Crippen LogP contribution is 2.34. The van der Waals surface area contributed by atoms with E-state index in [1.54, 1.807) is 25.7 Å². The summed E-state index contributed by atoms with van der Waals surface area (Å²) >= 11 is 16.1. The SMILES string of the molecule is COc1cc(Nc2cc(Cl)cc3ncccc23)c2ncccc2c1.SNc1ccnc2cc(Cl)ccc12. The molecule has 0 aliphatic rings. The molecule has 6 aromatic rings. The van der Waals surface area contributed by atoms with Crippen molar-refractivity contribution in [1.82, 2.24) is 15.0 Å². The van der Waals surface area contributed by atoms with Crippen LogP contribution in [0.4, 0.5) is 17.1 Å². The molecule has 184 valence electrons. The molecule has 0 aliphatic carbocycles. The lowest BCUT2D eigenvalue weighted by molar-refractivity contribution is 0.415. The molecule has 2 N–H and O–H groups in total. The molecule has 37 heavy (non-hydrogen) atoms. The lowest BCUT2D eigenvalue weighted by Crippen LogP contribution is -1.96. The minimum absolute atomic E-state index is 0.629. The van der Waals surface area contributed by atoms with E-state index in [-0.39, 0.29) is 0 Å². The van der Waals surface area contributed by atoms with Crippen LogP contribution in [0.15, 0.2) is 91.4 Å². The van der Waals surface area contributed by atoms with Gasteiger partial charge in [-0.15, -0.1) is 0 Å². The average Bonchev–Trinajstić information content (AvgIpc) is 2.92. The first kappa shape index (κ1) is 24.9. The van der Waals surface area contributed by atoms with E-state index < -0.39 is 0 Å². The highest BCUT2D eigenvalue weighted by Gasteiger charge is 2.09. The molecule has 0 saturated heterocycles. The summed E-state index contributed by atoms with van der Waals surface area (Å²) in [6, 6.07) is 22.9. The Morgan fingerprint density at radius 1 is 0.703 bits per heavy atom. The minimum Gasteiger partial charge on any atom is -0.497 e. The number of hydrogen-bond acceptors (Lipinski definition) is 7. The van der Waals surface area contributed by atoms with Gasteiger partial charge in [-0.3, -0.25) is 15.0 Å². The summed E-state index contributed by atoms with van der Waals surface area (Å²) in [6.07, 6.45) is 5.25. The second-order valence-electron chi connectivity index (χ2n) is 8.03. The Bertz CT molecular complexity index is 1730. The van der Waals surface area contributed by atoms with Crippen LogP contribution in [0.2, 0.25) is 10.0 Å². The number of aromatic nitrogens is 3. The van der Waals surface area contributed by atoms with Gasteiger partial charge in [-0.05, 0) is 60.7 Å². The Balaban J connectivity index is 0.000000182. The molecule has 0 aliphatic heterocycles. The third kappa shape index (κ3) is 5.49. The van der Waals surface area contributed by atoms with Crippen LogP contribution in [0.1, 0.15) is 0 Å². The van der Waals surface area contributed by atoms with Gasteiger partial charge >= 0.3 is 0 Å². The molecule has 3 heterocycles. The quantitative estimate of drug-likeness (QED) is 0.193. The molecule has 0 atom stereocenters. The van der Waals surface area contributed by atoms with Crippen LogP contribution in [0.3, 0.4) is 0 Å². The van der Waals surface area contributed by atoms with Gasteiger partial charge in [-0.25, -0.2) is 0 Å². The minimum atomic E-state index is 0.629. The lowest BCUT2D eigenvalue weighted by Gasteiger charge is -2.13. The van der Waals surface area contributed by atoms with Crippen molar-refractivity contribution >= 4 is 85.8 Å². The highest BCUT2D eigenvalue weighted by molar-refractivity contribution is 7.81.